The fraction of sp³-hybridized carbons (Fsp3) is 0.750. The maximum Gasteiger partial charge on any atom is 0.233 e. The minimum absolute atomic E-state index is 0.324. The first-order valence-corrected chi connectivity index (χ1v) is 7.83. The normalized spacial score (nSPS) is 23.0. The molecule has 1 aliphatic carbocycles. The molecule has 1 N–H and O–H groups in total. The van der Waals surface area contributed by atoms with Crippen LogP contribution in [-0.2, 0) is 6.54 Å². The van der Waals surface area contributed by atoms with E-state index in [0.29, 0.717) is 17.9 Å². The van der Waals surface area contributed by atoms with Gasteiger partial charge < -0.3 is 10.1 Å². The van der Waals surface area contributed by atoms with E-state index in [-0.39, 0.29) is 0 Å². The Labute approximate surface area is 122 Å². The summed E-state index contributed by atoms with van der Waals surface area (Å²) < 4.78 is 5.91. The van der Waals surface area contributed by atoms with Crippen molar-refractivity contribution in [3.05, 3.63) is 17.8 Å². The van der Waals surface area contributed by atoms with Gasteiger partial charge in [0.25, 0.3) is 0 Å². The Bertz CT molecular complexity index is 383. The molecule has 4 nitrogen and oxygen atoms in total. The van der Waals surface area contributed by atoms with Gasteiger partial charge in [0.1, 0.15) is 6.10 Å². The molecule has 1 heterocycles. The van der Waals surface area contributed by atoms with E-state index in [1.807, 2.05) is 12.1 Å². The zero-order valence-corrected chi connectivity index (χ0v) is 12.9. The predicted octanol–water partition coefficient (Wildman–Crippen LogP) is 3.18. The highest BCUT2D eigenvalue weighted by Gasteiger charge is 2.19. The van der Waals surface area contributed by atoms with E-state index in [9.17, 15) is 0 Å². The maximum absolute atomic E-state index is 5.91. The molecule has 0 saturated heterocycles. The highest BCUT2D eigenvalue weighted by molar-refractivity contribution is 5.11. The lowest BCUT2D eigenvalue weighted by atomic mass is 9.89. The van der Waals surface area contributed by atoms with Gasteiger partial charge in [0.15, 0.2) is 0 Å². The van der Waals surface area contributed by atoms with E-state index < -0.39 is 0 Å². The van der Waals surface area contributed by atoms with Gasteiger partial charge in [-0.25, -0.2) is 0 Å². The van der Waals surface area contributed by atoms with Crippen LogP contribution in [0.5, 0.6) is 5.88 Å². The standard InChI is InChI=1S/C16H27N3O/c1-12(2)10-17-11-14-6-9-16(19-18-14)20-15-7-4-13(3)5-8-15/h6,9,12-13,15,17H,4-5,7-8,10-11H2,1-3H3. The fourth-order valence-electron chi connectivity index (χ4n) is 2.51. The molecule has 2 rings (SSSR count). The molecular weight excluding hydrogens is 250 g/mol. The lowest BCUT2D eigenvalue weighted by Crippen LogP contribution is -2.24. The summed E-state index contributed by atoms with van der Waals surface area (Å²) in [7, 11) is 0. The van der Waals surface area contributed by atoms with Crippen LogP contribution in [0.1, 0.15) is 52.1 Å². The largest absolute Gasteiger partial charge is 0.473 e. The van der Waals surface area contributed by atoms with Crippen LogP contribution < -0.4 is 10.1 Å². The SMILES string of the molecule is CC(C)CNCc1ccc(OC2CCC(C)CC2)nn1. The van der Waals surface area contributed by atoms with Crippen molar-refractivity contribution in [1.82, 2.24) is 15.5 Å². The number of hydrogen-bond acceptors (Lipinski definition) is 4. The first-order chi connectivity index (χ1) is 9.63. The van der Waals surface area contributed by atoms with Crippen LogP contribution >= 0.6 is 0 Å². The molecule has 112 valence electrons. The first kappa shape index (κ1) is 15.2. The van der Waals surface area contributed by atoms with E-state index in [4.69, 9.17) is 4.74 Å². The Balaban J connectivity index is 1.76. The van der Waals surface area contributed by atoms with Gasteiger partial charge in [-0.05, 0) is 50.1 Å². The van der Waals surface area contributed by atoms with Gasteiger partial charge >= 0.3 is 0 Å². The monoisotopic (exact) mass is 277 g/mol. The molecule has 20 heavy (non-hydrogen) atoms. The van der Waals surface area contributed by atoms with E-state index in [2.05, 4.69) is 36.3 Å². The van der Waals surface area contributed by atoms with Crippen molar-refractivity contribution in [3.8, 4) is 5.88 Å². The quantitative estimate of drug-likeness (QED) is 0.867. The van der Waals surface area contributed by atoms with Crippen molar-refractivity contribution >= 4 is 0 Å². The summed E-state index contributed by atoms with van der Waals surface area (Å²) in [5, 5.41) is 11.8. The third kappa shape index (κ3) is 5.08. The minimum atomic E-state index is 0.324. The lowest BCUT2D eigenvalue weighted by molar-refractivity contribution is 0.128. The Hall–Kier alpha value is -1.16. The number of nitrogens with zero attached hydrogens (tertiary/aromatic N) is 2. The van der Waals surface area contributed by atoms with Crippen LogP contribution in [0.25, 0.3) is 0 Å². The zero-order valence-electron chi connectivity index (χ0n) is 12.9. The van der Waals surface area contributed by atoms with Crippen molar-refractivity contribution < 1.29 is 4.74 Å². The first-order valence-electron chi connectivity index (χ1n) is 7.83. The van der Waals surface area contributed by atoms with Crippen LogP contribution in [0.3, 0.4) is 0 Å². The summed E-state index contributed by atoms with van der Waals surface area (Å²) in [6, 6.07) is 3.94. The molecule has 1 aromatic rings. The number of ether oxygens (including phenoxy) is 1. The van der Waals surface area contributed by atoms with Gasteiger partial charge in [-0.3, -0.25) is 0 Å². The van der Waals surface area contributed by atoms with E-state index in [1.54, 1.807) is 0 Å². The molecule has 1 aromatic heterocycles. The van der Waals surface area contributed by atoms with Crippen molar-refractivity contribution in [3.63, 3.8) is 0 Å². The van der Waals surface area contributed by atoms with Crippen LogP contribution in [0.15, 0.2) is 12.1 Å². The molecule has 0 spiro atoms. The third-order valence-electron chi connectivity index (χ3n) is 3.80. The van der Waals surface area contributed by atoms with Crippen molar-refractivity contribution in [2.45, 2.75) is 59.1 Å². The topological polar surface area (TPSA) is 47.0 Å². The Morgan fingerprint density at radius 2 is 1.95 bits per heavy atom. The second-order valence-corrected chi connectivity index (χ2v) is 6.39. The second kappa shape index (κ2) is 7.58. The van der Waals surface area contributed by atoms with Crippen LogP contribution in [0.2, 0.25) is 0 Å². The summed E-state index contributed by atoms with van der Waals surface area (Å²) in [4.78, 5) is 0. The summed E-state index contributed by atoms with van der Waals surface area (Å²) in [6.07, 6.45) is 5.12. The third-order valence-corrected chi connectivity index (χ3v) is 3.80. The number of aromatic nitrogens is 2. The molecule has 0 amide bonds. The molecule has 0 unspecified atom stereocenters. The zero-order chi connectivity index (χ0) is 14.4. The Morgan fingerprint density at radius 3 is 2.55 bits per heavy atom. The molecule has 0 radical (unpaired) electrons. The predicted molar refractivity (Wildman–Crippen MR) is 80.6 cm³/mol. The van der Waals surface area contributed by atoms with E-state index in [1.165, 1.54) is 12.8 Å². The summed E-state index contributed by atoms with van der Waals surface area (Å²) in [5.41, 5.74) is 0.968. The molecule has 0 aromatic carbocycles. The average Bonchev–Trinajstić information content (AvgIpc) is 2.43. The number of hydrogen-bond donors (Lipinski definition) is 1. The Morgan fingerprint density at radius 1 is 1.20 bits per heavy atom. The molecule has 0 aliphatic heterocycles. The van der Waals surface area contributed by atoms with Gasteiger partial charge in [0.05, 0.1) is 5.69 Å². The smallest absolute Gasteiger partial charge is 0.233 e. The van der Waals surface area contributed by atoms with Gasteiger partial charge in [-0.15, -0.1) is 5.10 Å². The van der Waals surface area contributed by atoms with Crippen molar-refractivity contribution in [2.24, 2.45) is 11.8 Å². The molecule has 1 fully saturated rings. The van der Waals surface area contributed by atoms with Crippen molar-refractivity contribution in [1.29, 1.82) is 0 Å². The number of rotatable bonds is 6. The van der Waals surface area contributed by atoms with E-state index >= 15 is 0 Å². The maximum atomic E-state index is 5.91. The molecule has 1 aliphatic rings. The molecule has 4 heteroatoms. The molecule has 0 atom stereocenters. The van der Waals surface area contributed by atoms with Crippen LogP contribution in [0.4, 0.5) is 0 Å². The van der Waals surface area contributed by atoms with Crippen LogP contribution in [0, 0.1) is 11.8 Å². The Kier molecular flexibility index (Phi) is 5.77. The van der Waals surface area contributed by atoms with Gasteiger partial charge in [0, 0.05) is 12.6 Å². The average molecular weight is 277 g/mol. The highest BCUT2D eigenvalue weighted by atomic mass is 16.5. The van der Waals surface area contributed by atoms with Gasteiger partial charge in [-0.1, -0.05) is 20.8 Å². The molecule has 1 saturated carbocycles. The fourth-order valence-corrected chi connectivity index (χ4v) is 2.51. The number of nitrogens with one attached hydrogen (secondary N) is 1. The van der Waals surface area contributed by atoms with Gasteiger partial charge in [-0.2, -0.15) is 5.10 Å². The van der Waals surface area contributed by atoms with Crippen LogP contribution in [-0.4, -0.2) is 22.8 Å². The van der Waals surface area contributed by atoms with E-state index in [0.717, 1.165) is 37.5 Å². The molecular formula is C16H27N3O. The lowest BCUT2D eigenvalue weighted by Gasteiger charge is -2.26. The summed E-state index contributed by atoms with van der Waals surface area (Å²) >= 11 is 0. The second-order valence-electron chi connectivity index (χ2n) is 6.39. The molecule has 0 bridgehead atoms. The highest BCUT2D eigenvalue weighted by Crippen LogP contribution is 2.26. The van der Waals surface area contributed by atoms with Gasteiger partial charge in [0.2, 0.25) is 5.88 Å². The van der Waals surface area contributed by atoms with Crippen molar-refractivity contribution in [2.75, 3.05) is 6.54 Å². The summed E-state index contributed by atoms with van der Waals surface area (Å²) in [5.74, 6) is 2.16. The summed E-state index contributed by atoms with van der Waals surface area (Å²) in [6.45, 7) is 8.48. The minimum Gasteiger partial charge on any atom is -0.473 e.